The molecular formula is C21H45O2P. The minimum atomic E-state index is -0.143. The second kappa shape index (κ2) is 21.4. The van der Waals surface area contributed by atoms with Crippen molar-refractivity contribution in [2.24, 2.45) is 0 Å². The van der Waals surface area contributed by atoms with Crippen LogP contribution < -0.4 is 0 Å². The summed E-state index contributed by atoms with van der Waals surface area (Å²) in [5.74, 6) is 0. The van der Waals surface area contributed by atoms with Gasteiger partial charge in [0.2, 0.25) is 0 Å². The fourth-order valence-corrected chi connectivity index (χ4v) is 4.94. The first-order valence-corrected chi connectivity index (χ1v) is 12.3. The number of unbranched alkanes of at least 4 members (excludes halogenated alkanes) is 11. The van der Waals surface area contributed by atoms with Crippen LogP contribution in [-0.4, -0.2) is 32.6 Å². The van der Waals surface area contributed by atoms with Crippen molar-refractivity contribution in [3.05, 3.63) is 0 Å². The summed E-state index contributed by atoms with van der Waals surface area (Å²) in [6, 6.07) is 0. The Bertz CT molecular complexity index is 212. The number of hydrogen-bond acceptors (Lipinski definition) is 2. The number of hydrogen-bond donors (Lipinski definition) is 0. The largest absolute Gasteiger partial charge is 0.385 e. The third kappa shape index (κ3) is 18.7. The molecule has 0 unspecified atom stereocenters. The zero-order valence-electron chi connectivity index (χ0n) is 17.0. The van der Waals surface area contributed by atoms with Crippen molar-refractivity contribution in [3.63, 3.8) is 0 Å². The summed E-state index contributed by atoms with van der Waals surface area (Å²) in [4.78, 5) is 0. The lowest BCUT2D eigenvalue weighted by Gasteiger charge is -2.18. The van der Waals surface area contributed by atoms with E-state index < -0.39 is 0 Å². The van der Waals surface area contributed by atoms with E-state index in [1.807, 2.05) is 0 Å². The summed E-state index contributed by atoms with van der Waals surface area (Å²) in [6.07, 6.45) is 21.5. The number of ether oxygens (including phenoxy) is 1. The normalized spacial score (nSPS) is 11.5. The van der Waals surface area contributed by atoms with Gasteiger partial charge in [0.05, 0.1) is 6.61 Å². The molecule has 0 amide bonds. The van der Waals surface area contributed by atoms with Gasteiger partial charge in [0, 0.05) is 21.9 Å². The Labute approximate surface area is 154 Å². The highest BCUT2D eigenvalue weighted by molar-refractivity contribution is 7.52. The van der Waals surface area contributed by atoms with E-state index in [0.717, 1.165) is 13.2 Å². The van der Waals surface area contributed by atoms with E-state index in [-0.39, 0.29) is 8.15 Å². The van der Waals surface area contributed by atoms with Crippen molar-refractivity contribution in [1.82, 2.24) is 0 Å². The molecule has 24 heavy (non-hydrogen) atoms. The van der Waals surface area contributed by atoms with Crippen LogP contribution in [0.2, 0.25) is 0 Å². The molecule has 0 aromatic heterocycles. The van der Waals surface area contributed by atoms with Crippen LogP contribution in [0, 0.1) is 0 Å². The molecular weight excluding hydrogens is 315 g/mol. The van der Waals surface area contributed by atoms with E-state index >= 15 is 0 Å². The minimum absolute atomic E-state index is 0.143. The van der Waals surface area contributed by atoms with Gasteiger partial charge >= 0.3 is 0 Å². The van der Waals surface area contributed by atoms with E-state index in [1.54, 1.807) is 7.11 Å². The standard InChI is InChI=1S/C21H45O2P/c1-4-6-8-16-20-24(21-17-9-7-5-2)23-19-15-13-11-10-12-14-18-22-3/h4-21H2,1-3H3. The Kier molecular flexibility index (Phi) is 21.7. The zero-order chi connectivity index (χ0) is 17.7. The quantitative estimate of drug-likeness (QED) is 0.165. The summed E-state index contributed by atoms with van der Waals surface area (Å²) < 4.78 is 11.4. The van der Waals surface area contributed by atoms with Crippen LogP contribution in [-0.2, 0) is 9.26 Å². The van der Waals surface area contributed by atoms with Gasteiger partial charge in [-0.15, -0.1) is 0 Å². The molecule has 146 valence electrons. The van der Waals surface area contributed by atoms with Gasteiger partial charge in [0.1, 0.15) is 0 Å². The van der Waals surface area contributed by atoms with Crippen LogP contribution in [0.4, 0.5) is 0 Å². The Morgan fingerprint density at radius 1 is 0.542 bits per heavy atom. The molecule has 0 fully saturated rings. The van der Waals surface area contributed by atoms with Crippen LogP contribution in [0.1, 0.15) is 104 Å². The lowest BCUT2D eigenvalue weighted by Crippen LogP contribution is -1.98. The van der Waals surface area contributed by atoms with Crippen molar-refractivity contribution < 1.29 is 9.26 Å². The fourth-order valence-electron chi connectivity index (χ4n) is 2.92. The van der Waals surface area contributed by atoms with Crippen molar-refractivity contribution in [2.45, 2.75) is 104 Å². The van der Waals surface area contributed by atoms with Gasteiger partial charge in [-0.1, -0.05) is 78.1 Å². The monoisotopic (exact) mass is 360 g/mol. The van der Waals surface area contributed by atoms with Crippen LogP contribution in [0.25, 0.3) is 0 Å². The highest BCUT2D eigenvalue weighted by Crippen LogP contribution is 2.39. The molecule has 0 saturated carbocycles. The molecule has 0 heterocycles. The summed E-state index contributed by atoms with van der Waals surface area (Å²) in [7, 11) is 1.65. The van der Waals surface area contributed by atoms with E-state index in [1.165, 1.54) is 102 Å². The highest BCUT2D eigenvalue weighted by atomic mass is 31.1. The predicted octanol–water partition coefficient (Wildman–Crippen LogP) is 7.55. The minimum Gasteiger partial charge on any atom is -0.385 e. The molecule has 0 bridgehead atoms. The summed E-state index contributed by atoms with van der Waals surface area (Å²) in [5.41, 5.74) is 0. The number of methoxy groups -OCH3 is 1. The summed E-state index contributed by atoms with van der Waals surface area (Å²) in [6.45, 7) is 6.51. The summed E-state index contributed by atoms with van der Waals surface area (Å²) >= 11 is 0. The third-order valence-electron chi connectivity index (χ3n) is 4.54. The summed E-state index contributed by atoms with van der Waals surface area (Å²) in [5, 5.41) is 0. The molecule has 0 spiro atoms. The molecule has 0 aromatic carbocycles. The van der Waals surface area contributed by atoms with Gasteiger partial charge in [0.25, 0.3) is 0 Å². The van der Waals surface area contributed by atoms with Gasteiger partial charge in [0.15, 0.2) is 0 Å². The highest BCUT2D eigenvalue weighted by Gasteiger charge is 2.08. The molecule has 2 nitrogen and oxygen atoms in total. The molecule has 0 aliphatic rings. The molecule has 0 saturated heterocycles. The van der Waals surface area contributed by atoms with Gasteiger partial charge in [-0.3, -0.25) is 0 Å². The Hall–Kier alpha value is 0.350. The number of rotatable bonds is 20. The molecule has 0 atom stereocenters. The van der Waals surface area contributed by atoms with Crippen LogP contribution in [0.3, 0.4) is 0 Å². The van der Waals surface area contributed by atoms with Crippen molar-refractivity contribution in [3.8, 4) is 0 Å². The maximum absolute atomic E-state index is 6.29. The van der Waals surface area contributed by atoms with Crippen LogP contribution in [0.15, 0.2) is 0 Å². The molecule has 0 rings (SSSR count). The van der Waals surface area contributed by atoms with Crippen molar-refractivity contribution >= 4 is 8.15 Å². The van der Waals surface area contributed by atoms with Gasteiger partial charge < -0.3 is 9.26 Å². The Morgan fingerprint density at radius 3 is 1.50 bits per heavy atom. The van der Waals surface area contributed by atoms with Crippen molar-refractivity contribution in [2.75, 3.05) is 32.6 Å². The third-order valence-corrected chi connectivity index (χ3v) is 6.72. The van der Waals surface area contributed by atoms with Crippen molar-refractivity contribution in [1.29, 1.82) is 0 Å². The first kappa shape index (κ1) is 24.4. The molecule has 0 aromatic rings. The van der Waals surface area contributed by atoms with E-state index in [0.29, 0.717) is 0 Å². The lowest BCUT2D eigenvalue weighted by atomic mass is 10.1. The first-order chi connectivity index (χ1) is 11.8. The smallest absolute Gasteiger partial charge is 0.0508 e. The molecule has 3 heteroatoms. The van der Waals surface area contributed by atoms with Crippen LogP contribution >= 0.6 is 8.15 Å². The Morgan fingerprint density at radius 2 is 1.00 bits per heavy atom. The van der Waals surface area contributed by atoms with Gasteiger partial charge in [-0.05, 0) is 38.0 Å². The van der Waals surface area contributed by atoms with Gasteiger partial charge in [-0.2, -0.15) is 0 Å². The fraction of sp³-hybridized carbons (Fsp3) is 1.00. The maximum Gasteiger partial charge on any atom is 0.0508 e. The van der Waals surface area contributed by atoms with Crippen LogP contribution in [0.5, 0.6) is 0 Å². The predicted molar refractivity (Wildman–Crippen MR) is 110 cm³/mol. The average molecular weight is 361 g/mol. The SMILES string of the molecule is CCCCCCP(CCCCCC)OCCCCCCCCOC. The second-order valence-electron chi connectivity index (χ2n) is 7.00. The average Bonchev–Trinajstić information content (AvgIpc) is 2.60. The molecule has 0 radical (unpaired) electrons. The Balaban J connectivity index is 3.62. The second-order valence-corrected chi connectivity index (χ2v) is 9.11. The van der Waals surface area contributed by atoms with Gasteiger partial charge in [-0.25, -0.2) is 0 Å². The lowest BCUT2D eigenvalue weighted by molar-refractivity contribution is 0.192. The van der Waals surface area contributed by atoms with E-state index in [4.69, 9.17) is 9.26 Å². The maximum atomic E-state index is 6.29. The molecule has 0 aliphatic heterocycles. The van der Waals surface area contributed by atoms with E-state index in [2.05, 4.69) is 13.8 Å². The zero-order valence-corrected chi connectivity index (χ0v) is 17.9. The topological polar surface area (TPSA) is 18.5 Å². The van der Waals surface area contributed by atoms with E-state index in [9.17, 15) is 0 Å². The molecule has 0 N–H and O–H groups in total. The molecule has 0 aliphatic carbocycles. The first-order valence-electron chi connectivity index (χ1n) is 10.7.